The van der Waals surface area contributed by atoms with Crippen molar-refractivity contribution in [1.82, 2.24) is 30.5 Å². The number of H-pyrrole nitrogens is 2. The van der Waals surface area contributed by atoms with Gasteiger partial charge in [0.15, 0.2) is 5.65 Å². The molecule has 0 fully saturated rings. The highest BCUT2D eigenvalue weighted by atomic mass is 32.1. The van der Waals surface area contributed by atoms with Gasteiger partial charge in [-0.25, -0.2) is 4.98 Å². The van der Waals surface area contributed by atoms with Crippen LogP contribution in [0.2, 0.25) is 0 Å². The zero-order chi connectivity index (χ0) is 24.6. The number of allylic oxidation sites excluding steroid dienone is 1. The molecular weight excluding hydrogens is 464 g/mol. The van der Waals surface area contributed by atoms with Gasteiger partial charge in [0.2, 0.25) is 0 Å². The second-order valence-electron chi connectivity index (χ2n) is 8.95. The summed E-state index contributed by atoms with van der Waals surface area (Å²) in [5.41, 5.74) is 9.17. The van der Waals surface area contributed by atoms with E-state index in [4.69, 9.17) is 0 Å². The molecule has 6 rings (SSSR count). The number of hydrogen-bond donors (Lipinski definition) is 3. The van der Waals surface area contributed by atoms with E-state index in [0.717, 1.165) is 57.6 Å². The first-order chi connectivity index (χ1) is 17.6. The molecule has 0 saturated heterocycles. The Kier molecular flexibility index (Phi) is 5.71. The third-order valence-electron chi connectivity index (χ3n) is 6.34. The van der Waals surface area contributed by atoms with Crippen LogP contribution in [0, 0.1) is 0 Å². The number of fused-ring (bicyclic) bond motifs is 2. The predicted octanol–water partition coefficient (Wildman–Crippen LogP) is 7.04. The van der Waals surface area contributed by atoms with Crippen LogP contribution < -0.4 is 5.32 Å². The number of pyridine rings is 2. The Balaban J connectivity index is 1.42. The fourth-order valence-corrected chi connectivity index (χ4v) is 5.46. The van der Waals surface area contributed by atoms with Crippen LogP contribution in [-0.4, -0.2) is 31.7 Å². The molecule has 0 aliphatic rings. The molecule has 7 heteroatoms. The lowest BCUT2D eigenvalue weighted by Gasteiger charge is -2.06. The van der Waals surface area contributed by atoms with Crippen molar-refractivity contribution in [3.05, 3.63) is 84.1 Å². The number of nitrogens with one attached hydrogen (secondary N) is 3. The standard InChI is InChI=1S/C29H26N6S/c1-4-30-13-18-10-19(15-31-14-18)20-11-23-28(34-35-29(23)32-16-20)25-12-22-21(6-5-7-24(22)33-25)27-9-8-26(36-27)17(2)3/h5-12,14-16,30,33H,2,4,13H2,1,3H3,(H,32,34,35). The minimum atomic E-state index is 0.689. The smallest absolute Gasteiger partial charge is 0.181 e. The van der Waals surface area contributed by atoms with Gasteiger partial charge in [0, 0.05) is 67.9 Å². The Bertz CT molecular complexity index is 1720. The Labute approximate surface area is 213 Å². The highest BCUT2D eigenvalue weighted by Crippen LogP contribution is 2.38. The second kappa shape index (κ2) is 9.18. The summed E-state index contributed by atoms with van der Waals surface area (Å²) in [7, 11) is 0. The third kappa shape index (κ3) is 4.02. The molecule has 0 aliphatic heterocycles. The summed E-state index contributed by atoms with van der Waals surface area (Å²) in [6.07, 6.45) is 5.64. The number of aromatic nitrogens is 5. The van der Waals surface area contributed by atoms with E-state index in [1.165, 1.54) is 20.7 Å². The van der Waals surface area contributed by atoms with E-state index in [-0.39, 0.29) is 0 Å². The molecule has 6 nitrogen and oxygen atoms in total. The summed E-state index contributed by atoms with van der Waals surface area (Å²) in [4.78, 5) is 15.1. The van der Waals surface area contributed by atoms with Crippen LogP contribution in [-0.2, 0) is 6.54 Å². The van der Waals surface area contributed by atoms with Gasteiger partial charge < -0.3 is 10.3 Å². The summed E-state index contributed by atoms with van der Waals surface area (Å²) in [5, 5.41) is 13.2. The molecule has 6 aromatic rings. The van der Waals surface area contributed by atoms with Gasteiger partial charge in [-0.05, 0) is 61.0 Å². The van der Waals surface area contributed by atoms with E-state index >= 15 is 0 Å². The minimum absolute atomic E-state index is 0.689. The van der Waals surface area contributed by atoms with Gasteiger partial charge >= 0.3 is 0 Å². The van der Waals surface area contributed by atoms with Crippen molar-refractivity contribution in [2.24, 2.45) is 0 Å². The quantitative estimate of drug-likeness (QED) is 0.224. The van der Waals surface area contributed by atoms with Crippen molar-refractivity contribution in [2.45, 2.75) is 20.4 Å². The summed E-state index contributed by atoms with van der Waals surface area (Å²) in [5.74, 6) is 0. The lowest BCUT2D eigenvalue weighted by Crippen LogP contribution is -2.11. The molecule has 5 aromatic heterocycles. The monoisotopic (exact) mass is 490 g/mol. The SMILES string of the molecule is C=C(C)c1ccc(-c2cccc3[nH]c(-c4[nH]nc5ncc(-c6cncc(CNCC)c6)cc45)cc23)s1. The molecule has 0 saturated carbocycles. The Morgan fingerprint density at radius 3 is 2.75 bits per heavy atom. The van der Waals surface area contributed by atoms with Gasteiger partial charge in [0.25, 0.3) is 0 Å². The van der Waals surface area contributed by atoms with E-state index in [2.05, 4.69) is 92.5 Å². The van der Waals surface area contributed by atoms with Crippen molar-refractivity contribution in [3.63, 3.8) is 0 Å². The number of nitrogens with zero attached hydrogens (tertiary/aromatic N) is 3. The topological polar surface area (TPSA) is 82.3 Å². The maximum atomic E-state index is 4.63. The molecule has 0 spiro atoms. The molecule has 0 unspecified atom stereocenters. The first-order valence-electron chi connectivity index (χ1n) is 12.0. The van der Waals surface area contributed by atoms with Crippen molar-refractivity contribution in [3.8, 4) is 33.0 Å². The Morgan fingerprint density at radius 1 is 1.03 bits per heavy atom. The molecule has 5 heterocycles. The number of hydrogen-bond acceptors (Lipinski definition) is 5. The number of thiophene rings is 1. The first-order valence-corrected chi connectivity index (χ1v) is 12.8. The van der Waals surface area contributed by atoms with E-state index in [1.807, 2.05) is 25.5 Å². The van der Waals surface area contributed by atoms with Crippen molar-refractivity contribution >= 4 is 38.8 Å². The minimum Gasteiger partial charge on any atom is -0.353 e. The van der Waals surface area contributed by atoms with Gasteiger partial charge in [0.05, 0.1) is 11.4 Å². The van der Waals surface area contributed by atoms with E-state index in [9.17, 15) is 0 Å². The van der Waals surface area contributed by atoms with E-state index in [1.54, 1.807) is 11.3 Å². The van der Waals surface area contributed by atoms with Gasteiger partial charge in [-0.3, -0.25) is 10.1 Å². The highest BCUT2D eigenvalue weighted by molar-refractivity contribution is 7.16. The van der Waals surface area contributed by atoms with Crippen molar-refractivity contribution in [2.75, 3.05) is 6.54 Å². The molecule has 3 N–H and O–H groups in total. The predicted molar refractivity (Wildman–Crippen MR) is 150 cm³/mol. The lowest BCUT2D eigenvalue weighted by atomic mass is 10.1. The third-order valence-corrected chi connectivity index (χ3v) is 7.62. The van der Waals surface area contributed by atoms with Gasteiger partial charge in [-0.1, -0.05) is 25.6 Å². The van der Waals surface area contributed by atoms with Gasteiger partial charge in [0.1, 0.15) is 0 Å². The molecule has 0 aliphatic carbocycles. The Hall–Kier alpha value is -4.07. The molecule has 0 radical (unpaired) electrons. The number of aromatic amines is 2. The molecule has 0 bridgehead atoms. The molecular formula is C29H26N6S. The van der Waals surface area contributed by atoms with Crippen LogP contribution >= 0.6 is 11.3 Å². The maximum absolute atomic E-state index is 4.63. The summed E-state index contributed by atoms with van der Waals surface area (Å²) in [6.45, 7) is 9.95. The van der Waals surface area contributed by atoms with Crippen LogP contribution in [0.1, 0.15) is 24.3 Å². The average Bonchev–Trinajstić information content (AvgIpc) is 3.64. The normalized spacial score (nSPS) is 11.5. The molecule has 0 amide bonds. The van der Waals surface area contributed by atoms with Crippen molar-refractivity contribution in [1.29, 1.82) is 0 Å². The molecule has 36 heavy (non-hydrogen) atoms. The van der Waals surface area contributed by atoms with Gasteiger partial charge in [-0.2, -0.15) is 5.10 Å². The fourth-order valence-electron chi connectivity index (χ4n) is 4.49. The highest BCUT2D eigenvalue weighted by Gasteiger charge is 2.15. The Morgan fingerprint density at radius 2 is 1.92 bits per heavy atom. The molecule has 178 valence electrons. The average molecular weight is 491 g/mol. The summed E-state index contributed by atoms with van der Waals surface area (Å²) >= 11 is 1.77. The van der Waals surface area contributed by atoms with Crippen LogP contribution in [0.15, 0.2) is 73.7 Å². The maximum Gasteiger partial charge on any atom is 0.181 e. The summed E-state index contributed by atoms with van der Waals surface area (Å²) in [6, 6.07) is 17.2. The van der Waals surface area contributed by atoms with Crippen LogP contribution in [0.3, 0.4) is 0 Å². The number of rotatable bonds is 7. The fraction of sp³-hybridized carbons (Fsp3) is 0.138. The summed E-state index contributed by atoms with van der Waals surface area (Å²) < 4.78 is 0. The first kappa shape index (κ1) is 22.4. The molecule has 0 atom stereocenters. The lowest BCUT2D eigenvalue weighted by molar-refractivity contribution is 0.724. The zero-order valence-corrected chi connectivity index (χ0v) is 21.0. The van der Waals surface area contributed by atoms with E-state index in [0.29, 0.717) is 5.65 Å². The van der Waals surface area contributed by atoms with Crippen molar-refractivity contribution < 1.29 is 0 Å². The largest absolute Gasteiger partial charge is 0.353 e. The zero-order valence-electron chi connectivity index (χ0n) is 20.2. The van der Waals surface area contributed by atoms with E-state index < -0.39 is 0 Å². The number of benzene rings is 1. The molecule has 1 aromatic carbocycles. The second-order valence-corrected chi connectivity index (χ2v) is 10.0. The van der Waals surface area contributed by atoms with Crippen LogP contribution in [0.4, 0.5) is 0 Å². The van der Waals surface area contributed by atoms with Crippen LogP contribution in [0.25, 0.3) is 60.5 Å². The van der Waals surface area contributed by atoms with Gasteiger partial charge in [-0.15, -0.1) is 11.3 Å². The van der Waals surface area contributed by atoms with Crippen LogP contribution in [0.5, 0.6) is 0 Å².